The van der Waals surface area contributed by atoms with Crippen LogP contribution in [0.15, 0.2) is 17.1 Å². The van der Waals surface area contributed by atoms with Crippen LogP contribution in [0.1, 0.15) is 23.0 Å². The Labute approximate surface area is 104 Å². The molecule has 1 aromatic rings. The summed E-state index contributed by atoms with van der Waals surface area (Å²) in [5.74, 6) is -2.14. The molecule has 98 valence electrons. The van der Waals surface area contributed by atoms with E-state index in [9.17, 15) is 14.4 Å². The molecule has 0 radical (unpaired) electrons. The van der Waals surface area contributed by atoms with E-state index < -0.39 is 17.8 Å². The molecule has 1 amide bonds. The minimum absolute atomic E-state index is 0.0145. The quantitative estimate of drug-likeness (QED) is 0.815. The molecule has 1 unspecified atom stereocenters. The molecule has 1 aromatic heterocycles. The van der Waals surface area contributed by atoms with Gasteiger partial charge in [-0.2, -0.15) is 0 Å². The van der Waals surface area contributed by atoms with Crippen LogP contribution in [0.4, 0.5) is 0 Å². The van der Waals surface area contributed by atoms with Crippen LogP contribution in [0.25, 0.3) is 0 Å². The van der Waals surface area contributed by atoms with Crippen molar-refractivity contribution < 1.29 is 14.7 Å². The van der Waals surface area contributed by atoms with Crippen LogP contribution in [-0.4, -0.2) is 40.5 Å². The Balaban J connectivity index is 2.87. The molecule has 1 heterocycles. The molecule has 6 heteroatoms. The molecular weight excluding hydrogens is 236 g/mol. The Morgan fingerprint density at radius 1 is 1.50 bits per heavy atom. The van der Waals surface area contributed by atoms with Crippen molar-refractivity contribution in [3.63, 3.8) is 0 Å². The fraction of sp³-hybridized carbons (Fsp3) is 0.417. The smallest absolute Gasteiger partial charge is 0.308 e. The van der Waals surface area contributed by atoms with E-state index in [4.69, 9.17) is 5.11 Å². The van der Waals surface area contributed by atoms with E-state index in [0.29, 0.717) is 5.69 Å². The highest BCUT2D eigenvalue weighted by atomic mass is 16.4. The lowest BCUT2D eigenvalue weighted by atomic mass is 10.1. The number of aromatic nitrogens is 1. The molecule has 0 saturated heterocycles. The number of amides is 1. The zero-order chi connectivity index (χ0) is 13.9. The number of H-pyrrole nitrogens is 1. The van der Waals surface area contributed by atoms with Crippen LogP contribution in [0.5, 0.6) is 0 Å². The van der Waals surface area contributed by atoms with E-state index in [1.165, 1.54) is 31.1 Å². The number of nitrogens with one attached hydrogen (secondary N) is 1. The Hall–Kier alpha value is -2.11. The minimum Gasteiger partial charge on any atom is -0.481 e. The summed E-state index contributed by atoms with van der Waals surface area (Å²) in [6, 6.07) is 1.34. The maximum absolute atomic E-state index is 11.9. The van der Waals surface area contributed by atoms with Gasteiger partial charge < -0.3 is 15.0 Å². The van der Waals surface area contributed by atoms with Crippen molar-refractivity contribution in [1.82, 2.24) is 9.88 Å². The second-order valence-corrected chi connectivity index (χ2v) is 4.32. The van der Waals surface area contributed by atoms with Crippen LogP contribution < -0.4 is 5.43 Å². The number of hydrogen-bond donors (Lipinski definition) is 2. The van der Waals surface area contributed by atoms with E-state index in [2.05, 4.69) is 4.98 Å². The van der Waals surface area contributed by atoms with Crippen LogP contribution >= 0.6 is 0 Å². The Morgan fingerprint density at radius 3 is 2.61 bits per heavy atom. The van der Waals surface area contributed by atoms with Gasteiger partial charge in [0.1, 0.15) is 5.56 Å². The summed E-state index contributed by atoms with van der Waals surface area (Å²) < 4.78 is 0. The number of aryl methyl sites for hydroxylation is 1. The Bertz CT molecular complexity index is 521. The molecule has 0 fully saturated rings. The third-order valence-corrected chi connectivity index (χ3v) is 2.60. The summed E-state index contributed by atoms with van der Waals surface area (Å²) in [4.78, 5) is 38.3. The first-order chi connectivity index (χ1) is 8.32. The van der Waals surface area contributed by atoms with E-state index in [-0.39, 0.29) is 17.5 Å². The van der Waals surface area contributed by atoms with Crippen molar-refractivity contribution in [3.8, 4) is 0 Å². The van der Waals surface area contributed by atoms with E-state index in [1.54, 1.807) is 6.92 Å². The predicted molar refractivity (Wildman–Crippen MR) is 65.6 cm³/mol. The van der Waals surface area contributed by atoms with Gasteiger partial charge in [0, 0.05) is 31.5 Å². The van der Waals surface area contributed by atoms with Crippen molar-refractivity contribution in [3.05, 3.63) is 33.7 Å². The lowest BCUT2D eigenvalue weighted by molar-refractivity contribution is -0.141. The largest absolute Gasteiger partial charge is 0.481 e. The summed E-state index contributed by atoms with van der Waals surface area (Å²) in [5, 5.41) is 8.77. The molecule has 0 bridgehead atoms. The maximum Gasteiger partial charge on any atom is 0.308 e. The predicted octanol–water partition coefficient (Wildman–Crippen LogP) is 0.476. The zero-order valence-corrected chi connectivity index (χ0v) is 10.6. The van der Waals surface area contributed by atoms with Gasteiger partial charge in [-0.25, -0.2) is 0 Å². The highest BCUT2D eigenvalue weighted by Crippen LogP contribution is 2.03. The van der Waals surface area contributed by atoms with Gasteiger partial charge in [-0.05, 0) is 6.92 Å². The number of aromatic amines is 1. The highest BCUT2D eigenvalue weighted by Gasteiger charge is 2.20. The van der Waals surface area contributed by atoms with Crippen molar-refractivity contribution in [2.24, 2.45) is 5.92 Å². The number of carboxylic acid groups (broad SMARTS) is 1. The number of carbonyl (C=O) groups is 2. The fourth-order valence-corrected chi connectivity index (χ4v) is 1.52. The van der Waals surface area contributed by atoms with Gasteiger partial charge in [0.25, 0.3) is 5.91 Å². The van der Waals surface area contributed by atoms with Gasteiger partial charge >= 0.3 is 5.97 Å². The molecule has 0 spiro atoms. The molecule has 0 aliphatic carbocycles. The first kappa shape index (κ1) is 14.0. The molecule has 1 rings (SSSR count). The van der Waals surface area contributed by atoms with E-state index >= 15 is 0 Å². The zero-order valence-electron chi connectivity index (χ0n) is 10.6. The number of aliphatic carboxylic acids is 1. The molecule has 18 heavy (non-hydrogen) atoms. The average Bonchev–Trinajstić information content (AvgIpc) is 2.27. The number of carbonyl (C=O) groups excluding carboxylic acids is 1. The summed E-state index contributed by atoms with van der Waals surface area (Å²) in [6.07, 6.45) is 1.35. The normalized spacial score (nSPS) is 11.9. The second kappa shape index (κ2) is 5.48. The average molecular weight is 252 g/mol. The van der Waals surface area contributed by atoms with Crippen molar-refractivity contribution in [2.75, 3.05) is 13.6 Å². The van der Waals surface area contributed by atoms with E-state index in [0.717, 1.165) is 0 Å². The molecule has 2 N–H and O–H groups in total. The van der Waals surface area contributed by atoms with Crippen LogP contribution in [-0.2, 0) is 4.79 Å². The number of hydrogen-bond acceptors (Lipinski definition) is 3. The third kappa shape index (κ3) is 3.19. The fourth-order valence-electron chi connectivity index (χ4n) is 1.52. The summed E-state index contributed by atoms with van der Waals surface area (Å²) >= 11 is 0. The first-order valence-electron chi connectivity index (χ1n) is 5.50. The minimum atomic E-state index is -0.979. The van der Waals surface area contributed by atoms with Crippen molar-refractivity contribution in [1.29, 1.82) is 0 Å². The molecule has 0 aromatic carbocycles. The standard InChI is InChI=1S/C12H16N2O4/c1-7(12(17)18)6-14(3)11(16)9-5-13-8(2)4-10(9)15/h4-5,7H,6H2,1-3H3,(H,13,15)(H,17,18). The van der Waals surface area contributed by atoms with Gasteiger partial charge in [0.05, 0.1) is 5.92 Å². The molecule has 0 saturated carbocycles. The maximum atomic E-state index is 11.9. The summed E-state index contributed by atoms with van der Waals surface area (Å²) in [7, 11) is 1.47. The SMILES string of the molecule is Cc1cc(=O)c(C(=O)N(C)CC(C)C(=O)O)c[nH]1. The summed E-state index contributed by atoms with van der Waals surface area (Å²) in [5.41, 5.74) is 0.310. The Kier molecular flexibility index (Phi) is 4.25. The summed E-state index contributed by atoms with van der Waals surface area (Å²) in [6.45, 7) is 3.28. The number of nitrogens with zero attached hydrogens (tertiary/aromatic N) is 1. The monoisotopic (exact) mass is 252 g/mol. The van der Waals surface area contributed by atoms with E-state index in [1.807, 2.05) is 0 Å². The Morgan fingerprint density at radius 2 is 2.11 bits per heavy atom. The van der Waals surface area contributed by atoms with Crippen LogP contribution in [0, 0.1) is 12.8 Å². The van der Waals surface area contributed by atoms with Crippen molar-refractivity contribution >= 4 is 11.9 Å². The highest BCUT2D eigenvalue weighted by molar-refractivity contribution is 5.93. The van der Waals surface area contributed by atoms with Crippen LogP contribution in [0.2, 0.25) is 0 Å². The first-order valence-corrected chi connectivity index (χ1v) is 5.50. The van der Waals surface area contributed by atoms with Crippen molar-refractivity contribution in [2.45, 2.75) is 13.8 Å². The van der Waals surface area contributed by atoms with Gasteiger partial charge in [-0.15, -0.1) is 0 Å². The molecule has 0 aliphatic rings. The molecular formula is C12H16N2O4. The van der Waals surface area contributed by atoms with Gasteiger partial charge in [0.2, 0.25) is 0 Å². The molecule has 6 nitrogen and oxygen atoms in total. The lowest BCUT2D eigenvalue weighted by Gasteiger charge is -2.19. The number of rotatable bonds is 4. The second-order valence-electron chi connectivity index (χ2n) is 4.32. The molecule has 0 aliphatic heterocycles. The van der Waals surface area contributed by atoms with Gasteiger partial charge in [0.15, 0.2) is 5.43 Å². The number of pyridine rings is 1. The lowest BCUT2D eigenvalue weighted by Crippen LogP contribution is -2.36. The number of carboxylic acids is 1. The van der Waals surface area contributed by atoms with Crippen LogP contribution in [0.3, 0.4) is 0 Å². The topological polar surface area (TPSA) is 90.5 Å². The third-order valence-electron chi connectivity index (χ3n) is 2.60. The van der Waals surface area contributed by atoms with Gasteiger partial charge in [-0.3, -0.25) is 14.4 Å². The molecule has 1 atom stereocenters. The van der Waals surface area contributed by atoms with Gasteiger partial charge in [-0.1, -0.05) is 6.92 Å².